The first kappa shape index (κ1) is 10.4. The number of ether oxygens (including phenoxy) is 1. The van der Waals surface area contributed by atoms with Crippen LogP contribution in [-0.2, 0) is 9.53 Å². The molecule has 1 aromatic rings. The molecule has 1 aromatic heterocycles. The van der Waals surface area contributed by atoms with Crippen molar-refractivity contribution in [2.45, 2.75) is 12.3 Å². The highest BCUT2D eigenvalue weighted by molar-refractivity contribution is 5.71. The van der Waals surface area contributed by atoms with Crippen LogP contribution in [0.1, 0.15) is 6.23 Å². The highest BCUT2D eigenvalue weighted by Crippen LogP contribution is 2.23. The van der Waals surface area contributed by atoms with Gasteiger partial charge in [-0.3, -0.25) is 19.1 Å². The zero-order chi connectivity index (χ0) is 11.7. The fraction of sp³-hybridized carbons (Fsp3) is 0.222. The number of nitrogens with zero attached hydrogens (tertiary/aromatic N) is 1. The first-order chi connectivity index (χ1) is 7.61. The molecule has 0 amide bonds. The Balaban J connectivity index is 2.37. The summed E-state index contributed by atoms with van der Waals surface area (Å²) >= 11 is 0. The van der Waals surface area contributed by atoms with Crippen molar-refractivity contribution in [3.8, 4) is 0 Å². The molecule has 1 aliphatic heterocycles. The number of H-pyrrole nitrogens is 1. The van der Waals surface area contributed by atoms with Gasteiger partial charge in [-0.25, -0.2) is 4.79 Å². The second kappa shape index (κ2) is 3.78. The molecule has 0 unspecified atom stereocenters. The second-order valence-corrected chi connectivity index (χ2v) is 3.20. The van der Waals surface area contributed by atoms with Gasteiger partial charge in [-0.1, -0.05) is 0 Å². The Bertz CT molecular complexity index is 556. The minimum Gasteiger partial charge on any atom is -0.464 e. The molecule has 7 heteroatoms. The molecule has 0 bridgehead atoms. The van der Waals surface area contributed by atoms with Crippen molar-refractivity contribution in [1.82, 2.24) is 9.55 Å². The van der Waals surface area contributed by atoms with Gasteiger partial charge in [0.25, 0.3) is 5.56 Å². The molecule has 2 rings (SSSR count). The second-order valence-electron chi connectivity index (χ2n) is 3.20. The summed E-state index contributed by atoms with van der Waals surface area (Å²) in [5.74, 6) is -0.0457. The molecule has 2 N–H and O–H groups in total. The van der Waals surface area contributed by atoms with E-state index in [9.17, 15) is 19.5 Å². The van der Waals surface area contributed by atoms with E-state index in [1.165, 1.54) is 12.3 Å². The number of nitrogens with one attached hydrogen (secondary N) is 1. The molecule has 0 spiro atoms. The van der Waals surface area contributed by atoms with Gasteiger partial charge in [0.1, 0.15) is 6.10 Å². The number of aliphatic hydroxyl groups excluding tert-OH is 1. The number of hydrogen-bond acceptors (Lipinski definition) is 5. The lowest BCUT2D eigenvalue weighted by Crippen LogP contribution is -2.35. The van der Waals surface area contributed by atoms with Crippen LogP contribution in [0.5, 0.6) is 0 Å². The molecule has 2 heterocycles. The predicted molar refractivity (Wildman–Crippen MR) is 51.6 cm³/mol. The standard InChI is InChI=1S/C9H8N2O5/c12-4-5-3-6(13)8(16-5)11-2-1-7(14)10-9(11)15/h1-4,6,8,13H,(H,10,14,15)/t6-,8-/m1/s1. The van der Waals surface area contributed by atoms with Crippen LogP contribution in [0.15, 0.2) is 33.7 Å². The number of aromatic nitrogens is 2. The van der Waals surface area contributed by atoms with Crippen molar-refractivity contribution in [2.75, 3.05) is 0 Å². The molecule has 16 heavy (non-hydrogen) atoms. The Morgan fingerprint density at radius 3 is 2.81 bits per heavy atom. The van der Waals surface area contributed by atoms with Gasteiger partial charge in [0.15, 0.2) is 12.0 Å². The molecule has 7 nitrogen and oxygen atoms in total. The number of aromatic amines is 1. The zero-order valence-corrected chi connectivity index (χ0v) is 7.99. The lowest BCUT2D eigenvalue weighted by atomic mass is 10.3. The smallest absolute Gasteiger partial charge is 0.331 e. The average Bonchev–Trinajstić information content (AvgIpc) is 2.60. The molecular formula is C9H8N2O5. The van der Waals surface area contributed by atoms with Gasteiger partial charge in [-0.2, -0.15) is 0 Å². The highest BCUT2D eigenvalue weighted by atomic mass is 16.5. The molecular weight excluding hydrogens is 216 g/mol. The maximum atomic E-state index is 11.4. The molecule has 0 saturated carbocycles. The molecule has 84 valence electrons. The van der Waals surface area contributed by atoms with Gasteiger partial charge in [0, 0.05) is 12.3 Å². The third-order valence-corrected chi connectivity index (χ3v) is 2.13. The van der Waals surface area contributed by atoms with Crippen LogP contribution < -0.4 is 11.2 Å². The molecule has 0 saturated heterocycles. The fourth-order valence-corrected chi connectivity index (χ4v) is 1.42. The van der Waals surface area contributed by atoms with Gasteiger partial charge in [-0.05, 0) is 6.08 Å². The van der Waals surface area contributed by atoms with Crippen LogP contribution in [0, 0.1) is 0 Å². The van der Waals surface area contributed by atoms with Gasteiger partial charge in [-0.15, -0.1) is 0 Å². The number of aliphatic hydroxyl groups is 1. The Hall–Kier alpha value is -2.15. The van der Waals surface area contributed by atoms with Crippen molar-refractivity contribution in [3.05, 3.63) is 44.9 Å². The summed E-state index contributed by atoms with van der Waals surface area (Å²) in [5.41, 5.74) is -1.26. The van der Waals surface area contributed by atoms with E-state index in [0.29, 0.717) is 6.29 Å². The van der Waals surface area contributed by atoms with Crippen LogP contribution in [0.2, 0.25) is 0 Å². The summed E-state index contributed by atoms with van der Waals surface area (Å²) in [6.07, 6.45) is 0.680. The van der Waals surface area contributed by atoms with E-state index in [1.807, 2.05) is 4.98 Å². The number of aldehydes is 1. The van der Waals surface area contributed by atoms with Crippen molar-refractivity contribution >= 4 is 6.29 Å². The van der Waals surface area contributed by atoms with Gasteiger partial charge in [0.2, 0.25) is 6.23 Å². The summed E-state index contributed by atoms with van der Waals surface area (Å²) in [6, 6.07) is 1.12. The first-order valence-electron chi connectivity index (χ1n) is 4.45. The Morgan fingerprint density at radius 2 is 2.25 bits per heavy atom. The predicted octanol–water partition coefficient (Wildman–Crippen LogP) is -1.49. The minimum atomic E-state index is -1.11. The monoisotopic (exact) mass is 224 g/mol. The van der Waals surface area contributed by atoms with Gasteiger partial charge >= 0.3 is 5.69 Å². The summed E-state index contributed by atoms with van der Waals surface area (Å²) in [7, 11) is 0. The van der Waals surface area contributed by atoms with E-state index in [-0.39, 0.29) is 5.76 Å². The highest BCUT2D eigenvalue weighted by Gasteiger charge is 2.29. The van der Waals surface area contributed by atoms with E-state index >= 15 is 0 Å². The van der Waals surface area contributed by atoms with Crippen LogP contribution >= 0.6 is 0 Å². The zero-order valence-electron chi connectivity index (χ0n) is 7.99. The third-order valence-electron chi connectivity index (χ3n) is 2.13. The van der Waals surface area contributed by atoms with Crippen LogP contribution in [0.25, 0.3) is 0 Å². The van der Waals surface area contributed by atoms with E-state index in [1.54, 1.807) is 0 Å². The molecule has 0 aromatic carbocycles. The van der Waals surface area contributed by atoms with E-state index in [2.05, 4.69) is 0 Å². The van der Waals surface area contributed by atoms with E-state index < -0.39 is 23.6 Å². The topological polar surface area (TPSA) is 101 Å². The molecule has 2 atom stereocenters. The number of carbonyl (C=O) groups excluding carboxylic acids is 1. The molecule has 0 radical (unpaired) electrons. The first-order valence-corrected chi connectivity index (χ1v) is 4.45. The summed E-state index contributed by atoms with van der Waals surface area (Å²) in [4.78, 5) is 34.6. The van der Waals surface area contributed by atoms with Crippen LogP contribution in [-0.4, -0.2) is 27.0 Å². The van der Waals surface area contributed by atoms with Gasteiger partial charge < -0.3 is 9.84 Å². The number of hydrogen-bond donors (Lipinski definition) is 2. The van der Waals surface area contributed by atoms with E-state index in [4.69, 9.17) is 4.74 Å². The molecule has 0 fully saturated rings. The van der Waals surface area contributed by atoms with Crippen molar-refractivity contribution in [2.24, 2.45) is 0 Å². The molecule has 0 aliphatic carbocycles. The van der Waals surface area contributed by atoms with Crippen molar-refractivity contribution in [1.29, 1.82) is 0 Å². The fourth-order valence-electron chi connectivity index (χ4n) is 1.42. The van der Waals surface area contributed by atoms with Crippen molar-refractivity contribution < 1.29 is 14.6 Å². The van der Waals surface area contributed by atoms with Crippen LogP contribution in [0.4, 0.5) is 0 Å². The largest absolute Gasteiger partial charge is 0.464 e. The lowest BCUT2D eigenvalue weighted by Gasteiger charge is -2.16. The minimum absolute atomic E-state index is 0.0457. The summed E-state index contributed by atoms with van der Waals surface area (Å²) in [5, 5.41) is 9.53. The van der Waals surface area contributed by atoms with E-state index in [0.717, 1.165) is 10.6 Å². The quantitative estimate of drug-likeness (QED) is 0.596. The number of carbonyl (C=O) groups is 1. The summed E-state index contributed by atoms with van der Waals surface area (Å²) < 4.78 is 6.01. The van der Waals surface area contributed by atoms with Gasteiger partial charge in [0.05, 0.1) is 0 Å². The maximum Gasteiger partial charge on any atom is 0.331 e. The normalized spacial score (nSPS) is 23.7. The van der Waals surface area contributed by atoms with Crippen LogP contribution in [0.3, 0.4) is 0 Å². The summed E-state index contributed by atoms with van der Waals surface area (Å²) in [6.45, 7) is 0. The SMILES string of the molecule is O=CC1=C[C@@H](O)[C@H](n2ccc(=O)[nH]c2=O)O1. The van der Waals surface area contributed by atoms with Crippen molar-refractivity contribution in [3.63, 3.8) is 0 Å². The lowest BCUT2D eigenvalue weighted by molar-refractivity contribution is -0.109. The Kier molecular flexibility index (Phi) is 2.45. The third kappa shape index (κ3) is 1.68. The Labute approximate surface area is 88.6 Å². The molecule has 1 aliphatic rings. The number of allylic oxidation sites excluding steroid dienone is 1. The number of rotatable bonds is 2. The Morgan fingerprint density at radius 1 is 1.50 bits per heavy atom. The maximum absolute atomic E-state index is 11.4. The average molecular weight is 224 g/mol.